The summed E-state index contributed by atoms with van der Waals surface area (Å²) in [5.74, 6) is -0.271. The van der Waals surface area contributed by atoms with Gasteiger partial charge >= 0.3 is 0 Å². The lowest BCUT2D eigenvalue weighted by Gasteiger charge is -2.12. The van der Waals surface area contributed by atoms with Crippen molar-refractivity contribution in [3.8, 4) is 0 Å². The number of nitrogens with zero attached hydrogens (tertiary/aromatic N) is 1. The van der Waals surface area contributed by atoms with E-state index >= 15 is 0 Å². The van der Waals surface area contributed by atoms with Crippen molar-refractivity contribution in [2.75, 3.05) is 19.3 Å². The molecule has 18 heavy (non-hydrogen) atoms. The van der Waals surface area contributed by atoms with E-state index in [0.29, 0.717) is 24.2 Å². The van der Waals surface area contributed by atoms with Gasteiger partial charge in [-0.2, -0.15) is 0 Å². The Labute approximate surface area is 112 Å². The number of carbonyl (C=O) groups excluding carboxylic acids is 2. The van der Waals surface area contributed by atoms with Crippen LogP contribution < -0.4 is 11.1 Å². The lowest BCUT2D eigenvalue weighted by Crippen LogP contribution is -2.40. The van der Waals surface area contributed by atoms with Gasteiger partial charge in [-0.15, -0.1) is 12.4 Å². The van der Waals surface area contributed by atoms with E-state index in [2.05, 4.69) is 5.32 Å². The van der Waals surface area contributed by atoms with E-state index in [9.17, 15) is 9.59 Å². The lowest BCUT2D eigenvalue weighted by molar-refractivity contribution is -0.128. The molecular formula is C12H16ClN3O2. The van der Waals surface area contributed by atoms with Crippen molar-refractivity contribution < 1.29 is 9.59 Å². The van der Waals surface area contributed by atoms with Gasteiger partial charge < -0.3 is 16.0 Å². The molecule has 1 aromatic carbocycles. The van der Waals surface area contributed by atoms with E-state index in [1.165, 1.54) is 0 Å². The summed E-state index contributed by atoms with van der Waals surface area (Å²) < 4.78 is 0. The van der Waals surface area contributed by atoms with E-state index < -0.39 is 6.04 Å². The minimum absolute atomic E-state index is 0. The Bertz CT molecular complexity index is 447. The molecule has 5 nitrogen and oxygen atoms in total. The number of halogens is 1. The van der Waals surface area contributed by atoms with Crippen LogP contribution in [0.4, 0.5) is 5.69 Å². The number of rotatable bonds is 2. The Balaban J connectivity index is 0.00000162. The molecule has 1 atom stereocenters. The van der Waals surface area contributed by atoms with E-state index in [1.807, 2.05) is 0 Å². The first-order valence-corrected chi connectivity index (χ1v) is 5.49. The van der Waals surface area contributed by atoms with Crippen LogP contribution in [-0.2, 0) is 4.79 Å². The Morgan fingerprint density at radius 1 is 1.39 bits per heavy atom. The summed E-state index contributed by atoms with van der Waals surface area (Å²) in [6.07, 6.45) is 0.663. The predicted molar refractivity (Wildman–Crippen MR) is 71.6 cm³/mol. The Kier molecular flexibility index (Phi) is 4.55. The summed E-state index contributed by atoms with van der Waals surface area (Å²) in [7, 11) is 1.73. The molecule has 1 saturated heterocycles. The Hall–Kier alpha value is -1.75. The van der Waals surface area contributed by atoms with Crippen LogP contribution in [0.1, 0.15) is 16.8 Å². The second-order valence-corrected chi connectivity index (χ2v) is 4.20. The second-order valence-electron chi connectivity index (χ2n) is 4.20. The van der Waals surface area contributed by atoms with Gasteiger partial charge in [0.25, 0.3) is 5.91 Å². The van der Waals surface area contributed by atoms with Gasteiger partial charge in [-0.3, -0.25) is 9.59 Å². The van der Waals surface area contributed by atoms with Crippen molar-refractivity contribution in [1.82, 2.24) is 10.2 Å². The molecule has 1 fully saturated rings. The molecule has 2 amide bonds. The average Bonchev–Trinajstić information content (AvgIpc) is 2.62. The molecule has 1 aromatic rings. The number of hydrogen-bond acceptors (Lipinski definition) is 3. The summed E-state index contributed by atoms with van der Waals surface area (Å²) in [5.41, 5.74) is 6.66. The largest absolute Gasteiger partial charge is 0.399 e. The van der Waals surface area contributed by atoms with Crippen LogP contribution in [0.3, 0.4) is 0 Å². The van der Waals surface area contributed by atoms with Crippen molar-refractivity contribution in [2.24, 2.45) is 0 Å². The summed E-state index contributed by atoms with van der Waals surface area (Å²) in [5, 5.41) is 2.72. The standard InChI is InChI=1S/C12H15N3O2.ClH/c1-15-7-6-10(12(15)17)14-11(16)8-2-4-9(13)5-3-8;/h2-5,10H,6-7,13H2,1H3,(H,14,16);1H. The third-order valence-corrected chi connectivity index (χ3v) is 2.91. The van der Waals surface area contributed by atoms with Crippen LogP contribution in [0.25, 0.3) is 0 Å². The number of likely N-dealkylation sites (N-methyl/N-ethyl adjacent to an activating group) is 1. The molecule has 0 aliphatic carbocycles. The third-order valence-electron chi connectivity index (χ3n) is 2.91. The number of nitrogens with two attached hydrogens (primary N) is 1. The van der Waals surface area contributed by atoms with Gasteiger partial charge in [0, 0.05) is 24.8 Å². The third kappa shape index (κ3) is 2.92. The molecular weight excluding hydrogens is 254 g/mol. The molecule has 1 aliphatic heterocycles. The molecule has 1 unspecified atom stereocenters. The molecule has 0 bridgehead atoms. The van der Waals surface area contributed by atoms with Crippen LogP contribution in [0.15, 0.2) is 24.3 Å². The summed E-state index contributed by atoms with van der Waals surface area (Å²) >= 11 is 0. The van der Waals surface area contributed by atoms with Gasteiger partial charge in [-0.25, -0.2) is 0 Å². The van der Waals surface area contributed by atoms with Gasteiger partial charge in [-0.1, -0.05) is 0 Å². The topological polar surface area (TPSA) is 75.4 Å². The molecule has 0 aromatic heterocycles. The Morgan fingerprint density at radius 3 is 2.50 bits per heavy atom. The van der Waals surface area contributed by atoms with Crippen LogP contribution >= 0.6 is 12.4 Å². The van der Waals surface area contributed by atoms with Gasteiger partial charge in [0.05, 0.1) is 0 Å². The summed E-state index contributed by atoms with van der Waals surface area (Å²) in [6.45, 7) is 0.686. The zero-order valence-corrected chi connectivity index (χ0v) is 10.9. The fourth-order valence-corrected chi connectivity index (χ4v) is 1.83. The van der Waals surface area contributed by atoms with E-state index in [1.54, 1.807) is 36.2 Å². The number of nitrogens with one attached hydrogen (secondary N) is 1. The maximum Gasteiger partial charge on any atom is 0.251 e. The van der Waals surface area contributed by atoms with Crippen molar-refractivity contribution >= 4 is 29.9 Å². The monoisotopic (exact) mass is 269 g/mol. The highest BCUT2D eigenvalue weighted by Crippen LogP contribution is 2.10. The van der Waals surface area contributed by atoms with E-state index in [0.717, 1.165) is 0 Å². The highest BCUT2D eigenvalue weighted by molar-refractivity contribution is 5.98. The number of likely N-dealkylation sites (tertiary alicyclic amines) is 1. The van der Waals surface area contributed by atoms with Crippen molar-refractivity contribution in [1.29, 1.82) is 0 Å². The fourth-order valence-electron chi connectivity index (χ4n) is 1.83. The first kappa shape index (κ1) is 14.3. The molecule has 98 valence electrons. The SMILES string of the molecule is CN1CCC(NC(=O)c2ccc(N)cc2)C1=O.Cl. The first-order chi connectivity index (χ1) is 8.08. The molecule has 2 rings (SSSR count). The molecule has 6 heteroatoms. The highest BCUT2D eigenvalue weighted by Gasteiger charge is 2.30. The number of carbonyl (C=O) groups is 2. The minimum atomic E-state index is -0.398. The molecule has 0 saturated carbocycles. The predicted octanol–water partition coefficient (Wildman–Crippen LogP) is 0.651. The van der Waals surface area contributed by atoms with Crippen LogP contribution in [-0.4, -0.2) is 36.3 Å². The fraction of sp³-hybridized carbons (Fsp3) is 0.333. The van der Waals surface area contributed by atoms with Crippen molar-refractivity contribution in [3.05, 3.63) is 29.8 Å². The van der Waals surface area contributed by atoms with E-state index in [-0.39, 0.29) is 24.2 Å². The zero-order chi connectivity index (χ0) is 12.4. The molecule has 0 radical (unpaired) electrons. The van der Waals surface area contributed by atoms with Crippen molar-refractivity contribution in [3.63, 3.8) is 0 Å². The van der Waals surface area contributed by atoms with Gasteiger partial charge in [0.2, 0.25) is 5.91 Å². The molecule has 1 aliphatic rings. The van der Waals surface area contributed by atoms with Crippen molar-refractivity contribution in [2.45, 2.75) is 12.5 Å². The normalized spacial score (nSPS) is 18.4. The Morgan fingerprint density at radius 2 is 2.00 bits per heavy atom. The summed E-state index contributed by atoms with van der Waals surface area (Å²) in [4.78, 5) is 25.1. The highest BCUT2D eigenvalue weighted by atomic mass is 35.5. The average molecular weight is 270 g/mol. The zero-order valence-electron chi connectivity index (χ0n) is 10.1. The smallest absolute Gasteiger partial charge is 0.251 e. The van der Waals surface area contributed by atoms with Crippen LogP contribution in [0.2, 0.25) is 0 Å². The number of benzene rings is 1. The lowest BCUT2D eigenvalue weighted by atomic mass is 10.1. The van der Waals surface area contributed by atoms with Gasteiger partial charge in [0.15, 0.2) is 0 Å². The second kappa shape index (κ2) is 5.73. The van der Waals surface area contributed by atoms with Crippen LogP contribution in [0, 0.1) is 0 Å². The van der Waals surface area contributed by atoms with Gasteiger partial charge in [-0.05, 0) is 30.7 Å². The quantitative estimate of drug-likeness (QED) is 0.774. The number of hydrogen-bond donors (Lipinski definition) is 2. The minimum Gasteiger partial charge on any atom is -0.399 e. The number of amides is 2. The molecule has 1 heterocycles. The maximum atomic E-state index is 11.8. The summed E-state index contributed by atoms with van der Waals surface area (Å²) in [6, 6.07) is 6.22. The van der Waals surface area contributed by atoms with Gasteiger partial charge in [0.1, 0.15) is 6.04 Å². The van der Waals surface area contributed by atoms with E-state index in [4.69, 9.17) is 5.73 Å². The first-order valence-electron chi connectivity index (χ1n) is 5.49. The molecule has 3 N–H and O–H groups in total. The number of nitrogen functional groups attached to an aromatic ring is 1. The maximum absolute atomic E-state index is 11.8. The molecule has 0 spiro atoms. The number of anilines is 1. The van der Waals surface area contributed by atoms with Crippen LogP contribution in [0.5, 0.6) is 0 Å².